The predicted molar refractivity (Wildman–Crippen MR) is 109 cm³/mol. The van der Waals surface area contributed by atoms with Crippen molar-refractivity contribution in [3.63, 3.8) is 0 Å². The van der Waals surface area contributed by atoms with E-state index >= 15 is 0 Å². The number of benzene rings is 2. The highest BCUT2D eigenvalue weighted by molar-refractivity contribution is 7.89. The van der Waals surface area contributed by atoms with Gasteiger partial charge in [-0.25, -0.2) is 12.8 Å². The molecule has 1 unspecified atom stereocenters. The number of carbonyl (C=O) groups is 1. The Balaban J connectivity index is 1.68. The molecular weight excluding hydrogens is 393 g/mol. The number of carbonyl (C=O) groups excluding carboxylic acids is 1. The third-order valence-corrected chi connectivity index (χ3v) is 6.11. The summed E-state index contributed by atoms with van der Waals surface area (Å²) in [5.41, 5.74) is 1.73. The minimum atomic E-state index is -3.36. The zero-order valence-electron chi connectivity index (χ0n) is 16.1. The molecule has 0 bridgehead atoms. The van der Waals surface area contributed by atoms with E-state index in [1.165, 1.54) is 12.1 Å². The summed E-state index contributed by atoms with van der Waals surface area (Å²) in [6, 6.07) is 13.4. The summed E-state index contributed by atoms with van der Waals surface area (Å²) in [4.78, 5) is 15.1. The molecule has 4 rings (SSSR count). The molecule has 2 heterocycles. The lowest BCUT2D eigenvalue weighted by molar-refractivity contribution is 0.0705. The quantitative estimate of drug-likeness (QED) is 0.633. The average Bonchev–Trinajstić information content (AvgIpc) is 3.25. The van der Waals surface area contributed by atoms with Gasteiger partial charge in [0, 0.05) is 29.8 Å². The van der Waals surface area contributed by atoms with Crippen LogP contribution in [0.4, 0.5) is 4.39 Å². The van der Waals surface area contributed by atoms with Crippen molar-refractivity contribution in [1.29, 1.82) is 0 Å². The number of furan rings is 1. The number of hydrogen-bond acceptors (Lipinski definition) is 4. The number of sulfone groups is 1. The van der Waals surface area contributed by atoms with Gasteiger partial charge in [-0.2, -0.15) is 0 Å². The molecule has 1 aromatic heterocycles. The molecule has 1 amide bonds. The maximum atomic E-state index is 13.5. The van der Waals surface area contributed by atoms with Crippen LogP contribution in [0.3, 0.4) is 0 Å². The summed E-state index contributed by atoms with van der Waals surface area (Å²) in [7, 11) is -3.36. The van der Waals surface area contributed by atoms with E-state index in [1.807, 2.05) is 6.07 Å². The Morgan fingerprint density at radius 1 is 1.21 bits per heavy atom. The van der Waals surface area contributed by atoms with E-state index in [0.29, 0.717) is 29.5 Å². The second kappa shape index (κ2) is 7.63. The van der Waals surface area contributed by atoms with Gasteiger partial charge in [0.25, 0.3) is 5.91 Å². The van der Waals surface area contributed by atoms with Crippen molar-refractivity contribution >= 4 is 26.7 Å². The number of para-hydroxylation sites is 1. The van der Waals surface area contributed by atoms with Gasteiger partial charge < -0.3 is 9.32 Å². The van der Waals surface area contributed by atoms with Crippen molar-refractivity contribution in [2.45, 2.75) is 31.1 Å². The summed E-state index contributed by atoms with van der Waals surface area (Å²) in [5, 5.41) is 0.641. The lowest BCUT2D eigenvalue weighted by Crippen LogP contribution is -2.37. The van der Waals surface area contributed by atoms with Crippen LogP contribution in [-0.4, -0.2) is 38.1 Å². The fourth-order valence-corrected chi connectivity index (χ4v) is 4.87. The molecule has 5 nitrogen and oxygen atoms in total. The smallest absolute Gasteiger partial charge is 0.290 e. The van der Waals surface area contributed by atoms with Crippen molar-refractivity contribution in [3.05, 3.63) is 71.2 Å². The minimum absolute atomic E-state index is 0.0800. The van der Waals surface area contributed by atoms with E-state index in [9.17, 15) is 17.6 Å². The number of likely N-dealkylation sites (tertiary alicyclic amines) is 1. The highest BCUT2D eigenvalue weighted by atomic mass is 32.2. The lowest BCUT2D eigenvalue weighted by atomic mass is 10.0. The summed E-state index contributed by atoms with van der Waals surface area (Å²) in [6.45, 7) is 0.564. The van der Waals surface area contributed by atoms with Crippen molar-refractivity contribution in [2.24, 2.45) is 0 Å². The molecule has 1 aliphatic heterocycles. The van der Waals surface area contributed by atoms with Gasteiger partial charge in [0.2, 0.25) is 0 Å². The summed E-state index contributed by atoms with van der Waals surface area (Å²) in [6.07, 6.45) is 3.34. The van der Waals surface area contributed by atoms with Crippen molar-refractivity contribution in [2.75, 3.05) is 12.8 Å². The van der Waals surface area contributed by atoms with Crippen LogP contribution in [0.25, 0.3) is 11.0 Å². The Hall–Kier alpha value is -2.67. The molecule has 0 radical (unpaired) electrons. The standard InChI is InChI=1S/C22H22FNO4S/c1-29(26,27)14-19-18-9-2-3-10-20(18)28-21(19)22(25)24-11-5-8-17(24)13-15-6-4-7-16(23)12-15/h2-4,6-7,9-10,12,17H,5,8,11,13-14H2,1H3. The van der Waals surface area contributed by atoms with Gasteiger partial charge in [-0.05, 0) is 43.0 Å². The van der Waals surface area contributed by atoms with Gasteiger partial charge in [0.15, 0.2) is 15.6 Å². The normalized spacial score (nSPS) is 17.2. The van der Waals surface area contributed by atoms with E-state index in [1.54, 1.807) is 35.2 Å². The monoisotopic (exact) mass is 415 g/mol. The zero-order valence-corrected chi connectivity index (χ0v) is 16.9. The zero-order chi connectivity index (χ0) is 20.6. The Morgan fingerprint density at radius 3 is 2.76 bits per heavy atom. The van der Waals surface area contributed by atoms with Gasteiger partial charge in [-0.3, -0.25) is 4.79 Å². The van der Waals surface area contributed by atoms with Crippen LogP contribution in [0.1, 0.15) is 34.5 Å². The van der Waals surface area contributed by atoms with Gasteiger partial charge in [0.05, 0.1) is 5.75 Å². The summed E-state index contributed by atoms with van der Waals surface area (Å²) >= 11 is 0. The minimum Gasteiger partial charge on any atom is -0.451 e. The molecule has 29 heavy (non-hydrogen) atoms. The van der Waals surface area contributed by atoms with E-state index in [-0.39, 0.29) is 29.3 Å². The molecule has 1 fully saturated rings. The molecule has 1 saturated heterocycles. The first-order valence-corrected chi connectivity index (χ1v) is 11.6. The molecule has 3 aromatic rings. The van der Waals surface area contributed by atoms with Crippen LogP contribution < -0.4 is 0 Å². The second-order valence-electron chi connectivity index (χ2n) is 7.60. The van der Waals surface area contributed by atoms with Crippen LogP contribution in [0, 0.1) is 5.82 Å². The van der Waals surface area contributed by atoms with Crippen molar-refractivity contribution < 1.29 is 22.0 Å². The number of nitrogens with zero attached hydrogens (tertiary/aromatic N) is 1. The highest BCUT2D eigenvalue weighted by Gasteiger charge is 2.34. The molecular formula is C22H22FNO4S. The van der Waals surface area contributed by atoms with Crippen LogP contribution in [0.2, 0.25) is 0 Å². The molecule has 0 spiro atoms. The fraction of sp³-hybridized carbons (Fsp3) is 0.318. The second-order valence-corrected chi connectivity index (χ2v) is 9.74. The Labute approximate surface area is 169 Å². The first-order chi connectivity index (χ1) is 13.8. The van der Waals surface area contributed by atoms with E-state index < -0.39 is 9.84 Å². The van der Waals surface area contributed by atoms with E-state index in [4.69, 9.17) is 4.42 Å². The number of halogens is 1. The Bertz CT molecular complexity index is 1170. The number of fused-ring (bicyclic) bond motifs is 1. The van der Waals surface area contributed by atoms with Crippen LogP contribution >= 0.6 is 0 Å². The van der Waals surface area contributed by atoms with E-state index in [0.717, 1.165) is 24.7 Å². The summed E-state index contributed by atoms with van der Waals surface area (Å²) in [5.74, 6) is -0.777. The first-order valence-electron chi connectivity index (χ1n) is 9.55. The molecule has 152 valence electrons. The molecule has 1 atom stereocenters. The topological polar surface area (TPSA) is 67.6 Å². The average molecular weight is 415 g/mol. The maximum Gasteiger partial charge on any atom is 0.290 e. The fourth-order valence-electron chi connectivity index (χ4n) is 4.06. The van der Waals surface area contributed by atoms with Crippen LogP contribution in [0.15, 0.2) is 52.9 Å². The molecule has 7 heteroatoms. The predicted octanol–water partition coefficient (Wildman–Crippen LogP) is 3.96. The van der Waals surface area contributed by atoms with Gasteiger partial charge in [-0.15, -0.1) is 0 Å². The number of amides is 1. The third kappa shape index (κ3) is 4.19. The first kappa shape index (κ1) is 19.6. The SMILES string of the molecule is CS(=O)(=O)Cc1c(C(=O)N2CCCC2Cc2cccc(F)c2)oc2ccccc12. The Kier molecular flexibility index (Phi) is 5.17. The summed E-state index contributed by atoms with van der Waals surface area (Å²) < 4.78 is 43.3. The largest absolute Gasteiger partial charge is 0.451 e. The van der Waals surface area contributed by atoms with Gasteiger partial charge in [-0.1, -0.05) is 30.3 Å². The number of hydrogen-bond donors (Lipinski definition) is 0. The van der Waals surface area contributed by atoms with E-state index in [2.05, 4.69) is 0 Å². The number of rotatable bonds is 5. The van der Waals surface area contributed by atoms with Gasteiger partial charge >= 0.3 is 0 Å². The van der Waals surface area contributed by atoms with Crippen LogP contribution in [0.5, 0.6) is 0 Å². The molecule has 0 N–H and O–H groups in total. The van der Waals surface area contributed by atoms with Crippen molar-refractivity contribution in [1.82, 2.24) is 4.90 Å². The van der Waals surface area contributed by atoms with Crippen LogP contribution in [-0.2, 0) is 22.0 Å². The molecule has 0 aliphatic carbocycles. The highest BCUT2D eigenvalue weighted by Crippen LogP contribution is 2.31. The molecule has 0 saturated carbocycles. The third-order valence-electron chi connectivity index (χ3n) is 5.30. The molecule has 2 aromatic carbocycles. The maximum absolute atomic E-state index is 13.5. The lowest BCUT2D eigenvalue weighted by Gasteiger charge is -2.24. The Morgan fingerprint density at radius 2 is 2.00 bits per heavy atom. The van der Waals surface area contributed by atoms with Crippen molar-refractivity contribution in [3.8, 4) is 0 Å². The van der Waals surface area contributed by atoms with Gasteiger partial charge in [0.1, 0.15) is 11.4 Å². The molecule has 1 aliphatic rings.